The van der Waals surface area contributed by atoms with Gasteiger partial charge in [-0.3, -0.25) is 4.79 Å². The summed E-state index contributed by atoms with van der Waals surface area (Å²) in [6, 6.07) is 9.58. The van der Waals surface area contributed by atoms with Crippen LogP contribution in [0.3, 0.4) is 0 Å². The van der Waals surface area contributed by atoms with Crippen LogP contribution in [0.2, 0.25) is 0 Å². The zero-order valence-electron chi connectivity index (χ0n) is 10.7. The molecule has 1 aromatic carbocycles. The lowest BCUT2D eigenvalue weighted by Crippen LogP contribution is -2.18. The monoisotopic (exact) mass is 223 g/mol. The molecule has 0 aliphatic rings. The van der Waals surface area contributed by atoms with Crippen molar-refractivity contribution >= 4 is 5.78 Å². The third kappa shape index (κ3) is 5.08. The fourth-order valence-corrected chi connectivity index (χ4v) is 1.27. The van der Waals surface area contributed by atoms with Crippen LogP contribution in [0.5, 0.6) is 0 Å². The Morgan fingerprint density at radius 1 is 1.25 bits per heavy atom. The van der Waals surface area contributed by atoms with Gasteiger partial charge in [-0.2, -0.15) is 0 Å². The van der Waals surface area contributed by atoms with E-state index in [2.05, 4.69) is 0 Å². The van der Waals surface area contributed by atoms with Crippen LogP contribution in [0.25, 0.3) is 0 Å². The van der Waals surface area contributed by atoms with E-state index in [1.165, 1.54) is 0 Å². The number of hydrogen-bond donors (Lipinski definition) is 1. The minimum absolute atomic E-state index is 0. The molecule has 1 aromatic rings. The summed E-state index contributed by atoms with van der Waals surface area (Å²) in [5.41, 5.74) is 6.94. The van der Waals surface area contributed by atoms with Crippen LogP contribution >= 0.6 is 0 Å². The number of hydrogen-bond acceptors (Lipinski definition) is 2. The average Bonchev–Trinajstić information content (AvgIpc) is 2.32. The molecule has 2 N–H and O–H groups in total. The van der Waals surface area contributed by atoms with Crippen LogP contribution in [0.4, 0.5) is 0 Å². The molecule has 1 unspecified atom stereocenters. The highest BCUT2D eigenvalue weighted by Crippen LogP contribution is 2.15. The summed E-state index contributed by atoms with van der Waals surface area (Å²) in [4.78, 5) is 11.4. The van der Waals surface area contributed by atoms with Gasteiger partial charge in [0.25, 0.3) is 0 Å². The van der Waals surface area contributed by atoms with Crippen LogP contribution < -0.4 is 5.73 Å². The van der Waals surface area contributed by atoms with E-state index < -0.39 is 0 Å². The Hall–Kier alpha value is -1.15. The van der Waals surface area contributed by atoms with E-state index in [1.54, 1.807) is 0 Å². The van der Waals surface area contributed by atoms with Crippen molar-refractivity contribution in [2.24, 2.45) is 11.7 Å². The molecule has 0 heterocycles. The molecule has 2 nitrogen and oxygen atoms in total. The molecule has 0 amide bonds. The summed E-state index contributed by atoms with van der Waals surface area (Å²) in [5, 5.41) is 0. The van der Waals surface area contributed by atoms with Crippen molar-refractivity contribution in [1.29, 1.82) is 0 Å². The molecule has 0 spiro atoms. The van der Waals surface area contributed by atoms with Gasteiger partial charge in [0.05, 0.1) is 0 Å². The Morgan fingerprint density at radius 3 is 2.19 bits per heavy atom. The van der Waals surface area contributed by atoms with Crippen molar-refractivity contribution in [3.05, 3.63) is 35.9 Å². The highest BCUT2D eigenvalue weighted by Gasteiger charge is 2.13. The molecule has 0 aromatic heterocycles. The lowest BCUT2D eigenvalue weighted by Gasteiger charge is -2.12. The van der Waals surface area contributed by atoms with E-state index in [4.69, 9.17) is 5.73 Å². The van der Waals surface area contributed by atoms with Crippen LogP contribution in [-0.2, 0) is 4.79 Å². The fourth-order valence-electron chi connectivity index (χ4n) is 1.27. The molecule has 16 heavy (non-hydrogen) atoms. The van der Waals surface area contributed by atoms with Gasteiger partial charge in [0.2, 0.25) is 0 Å². The lowest BCUT2D eigenvalue weighted by molar-refractivity contribution is -0.122. The molecule has 0 saturated carbocycles. The number of benzene rings is 1. The number of nitrogens with two attached hydrogens (primary N) is 1. The molecular weight excluding hydrogens is 198 g/mol. The van der Waals surface area contributed by atoms with Gasteiger partial charge in [-0.1, -0.05) is 58.0 Å². The third-order valence-corrected chi connectivity index (χ3v) is 2.29. The quantitative estimate of drug-likeness (QED) is 0.848. The van der Waals surface area contributed by atoms with Crippen molar-refractivity contribution in [2.75, 3.05) is 0 Å². The van der Waals surface area contributed by atoms with E-state index in [0.29, 0.717) is 6.42 Å². The van der Waals surface area contributed by atoms with E-state index in [1.807, 2.05) is 58.0 Å². The second-order valence-electron chi connectivity index (χ2n) is 3.84. The Morgan fingerprint density at radius 2 is 1.75 bits per heavy atom. The minimum atomic E-state index is -0.161. The predicted octanol–water partition coefficient (Wildman–Crippen LogP) is 3.57. The van der Waals surface area contributed by atoms with E-state index in [0.717, 1.165) is 5.56 Å². The number of Topliss-reactive ketones (excluding diaryl/α,β-unsaturated/α-hetero) is 1. The number of carbonyl (C=O) groups excluding carboxylic acids is 1. The van der Waals surface area contributed by atoms with Gasteiger partial charge in [-0.25, -0.2) is 0 Å². The number of rotatable bonds is 4. The highest BCUT2D eigenvalue weighted by molar-refractivity contribution is 5.81. The predicted molar refractivity (Wildman–Crippen MR) is 71.3 cm³/mol. The molecule has 1 rings (SSSR count). The van der Waals surface area contributed by atoms with Crippen molar-refractivity contribution < 1.29 is 6.22 Å². The largest absolute Gasteiger partial charge is 0.324 e. The first-order valence-corrected chi connectivity index (χ1v) is 5.94. The smallest absolute Gasteiger partial charge is 0.137 e. The number of ketones is 1. The van der Waals surface area contributed by atoms with Gasteiger partial charge in [-0.05, 0) is 5.56 Å². The maximum Gasteiger partial charge on any atom is 0.137 e. The molecule has 0 radical (unpaired) electrons. The van der Waals surface area contributed by atoms with Crippen LogP contribution in [0.15, 0.2) is 30.3 Å². The Kier molecular flexibility index (Phi) is 7.48. The van der Waals surface area contributed by atoms with Crippen LogP contribution in [-0.4, -0.2) is 5.78 Å². The highest BCUT2D eigenvalue weighted by atomic mass is 16.1. The molecule has 0 saturated heterocycles. The first-order valence-electron chi connectivity index (χ1n) is 5.94. The average molecular weight is 223 g/mol. The third-order valence-electron chi connectivity index (χ3n) is 2.29. The Labute approximate surface area is 100 Å². The topological polar surface area (TPSA) is 43.1 Å². The summed E-state index contributed by atoms with van der Waals surface area (Å²) in [6.45, 7) is 7.81. The summed E-state index contributed by atoms with van der Waals surface area (Å²) in [7, 11) is 0. The van der Waals surface area contributed by atoms with Crippen LogP contribution in [0, 0.1) is 5.92 Å². The molecule has 92 valence electrons. The fraction of sp³-hybridized carbons (Fsp3) is 0.500. The van der Waals surface area contributed by atoms with Gasteiger partial charge >= 0.3 is 0 Å². The zero-order chi connectivity index (χ0) is 12.6. The molecule has 0 aliphatic carbocycles. The van der Waals surface area contributed by atoms with E-state index in [9.17, 15) is 4.79 Å². The molecule has 0 aliphatic heterocycles. The standard InChI is InChI=1S/C12H17NO.C2H6.H2/c1-9(2)12(14)8-11(13)10-6-4-3-5-7-10;1-2;/h3-7,9,11H,8,13H2,1-2H3;1-2H3;1H. The van der Waals surface area contributed by atoms with Gasteiger partial charge in [0.1, 0.15) is 5.78 Å². The summed E-state index contributed by atoms with van der Waals surface area (Å²) < 4.78 is 0. The first-order chi connectivity index (χ1) is 7.61. The summed E-state index contributed by atoms with van der Waals surface area (Å²) in [5.74, 6) is 0.297. The second kappa shape index (κ2) is 8.05. The van der Waals surface area contributed by atoms with Crippen LogP contribution in [0.1, 0.15) is 47.1 Å². The Balaban J connectivity index is 0. The Bertz CT molecular complexity index is 298. The maximum absolute atomic E-state index is 11.4. The molecule has 2 heteroatoms. The first kappa shape index (κ1) is 14.8. The maximum atomic E-state index is 11.4. The number of carbonyl (C=O) groups is 1. The van der Waals surface area contributed by atoms with Crippen molar-refractivity contribution in [3.63, 3.8) is 0 Å². The van der Waals surface area contributed by atoms with Crippen molar-refractivity contribution in [1.82, 2.24) is 0 Å². The van der Waals surface area contributed by atoms with Crippen molar-refractivity contribution in [2.45, 2.75) is 40.2 Å². The lowest BCUT2D eigenvalue weighted by atomic mass is 9.97. The molecule has 1 atom stereocenters. The molecule has 0 bridgehead atoms. The van der Waals surface area contributed by atoms with Gasteiger partial charge in [-0.15, -0.1) is 0 Å². The molecule has 0 fully saturated rings. The van der Waals surface area contributed by atoms with E-state index in [-0.39, 0.29) is 19.2 Å². The zero-order valence-corrected chi connectivity index (χ0v) is 10.7. The molecular formula is C14H25NO. The van der Waals surface area contributed by atoms with E-state index >= 15 is 0 Å². The summed E-state index contributed by atoms with van der Waals surface area (Å²) >= 11 is 0. The minimum Gasteiger partial charge on any atom is -0.324 e. The SMILES string of the molecule is CC.CC(C)C(=O)CC(N)c1ccccc1.[HH]. The van der Waals surface area contributed by atoms with Crippen molar-refractivity contribution in [3.8, 4) is 0 Å². The second-order valence-corrected chi connectivity index (χ2v) is 3.84. The van der Waals surface area contributed by atoms with Gasteiger partial charge in [0, 0.05) is 19.8 Å². The normalized spacial score (nSPS) is 11.6. The van der Waals surface area contributed by atoms with Gasteiger partial charge < -0.3 is 5.73 Å². The summed E-state index contributed by atoms with van der Waals surface area (Å²) in [6.07, 6.45) is 0.432. The van der Waals surface area contributed by atoms with Gasteiger partial charge in [0.15, 0.2) is 0 Å².